The molecule has 0 amide bonds. The number of hydrogen-bond donors (Lipinski definition) is 2. The highest BCUT2D eigenvalue weighted by atomic mass is 15.2. The van der Waals surface area contributed by atoms with E-state index in [0.29, 0.717) is 5.95 Å². The first-order valence-corrected chi connectivity index (χ1v) is 5.80. The largest absolute Gasteiger partial charge is 0.373 e. The van der Waals surface area contributed by atoms with E-state index in [0.717, 1.165) is 30.6 Å². The highest BCUT2D eigenvalue weighted by Crippen LogP contribution is 2.31. The Morgan fingerprint density at radius 3 is 2.81 bits per heavy atom. The van der Waals surface area contributed by atoms with Crippen molar-refractivity contribution >= 4 is 17.6 Å². The molecule has 0 spiro atoms. The van der Waals surface area contributed by atoms with Gasteiger partial charge in [-0.1, -0.05) is 0 Å². The molecule has 1 saturated carbocycles. The van der Waals surface area contributed by atoms with Crippen LogP contribution in [0.4, 0.5) is 17.6 Å². The van der Waals surface area contributed by atoms with Crippen LogP contribution in [0.2, 0.25) is 0 Å². The van der Waals surface area contributed by atoms with Crippen LogP contribution in [0.25, 0.3) is 0 Å². The Hall–Kier alpha value is -1.52. The molecule has 0 saturated heterocycles. The molecule has 2 rings (SSSR count). The summed E-state index contributed by atoms with van der Waals surface area (Å²) in [5.41, 5.74) is 5.69. The first-order valence-electron chi connectivity index (χ1n) is 5.80. The van der Waals surface area contributed by atoms with Gasteiger partial charge in [-0.2, -0.15) is 9.97 Å². The van der Waals surface area contributed by atoms with Gasteiger partial charge in [-0.05, 0) is 25.7 Å². The van der Waals surface area contributed by atoms with Gasteiger partial charge in [0.15, 0.2) is 0 Å². The fourth-order valence-electron chi connectivity index (χ4n) is 1.74. The molecule has 0 unspecified atom stereocenters. The van der Waals surface area contributed by atoms with E-state index in [9.17, 15) is 0 Å². The molecule has 0 radical (unpaired) electrons. The highest BCUT2D eigenvalue weighted by molar-refractivity contribution is 5.52. The molecule has 1 aromatic heterocycles. The number of anilines is 3. The Morgan fingerprint density at radius 1 is 1.50 bits per heavy atom. The van der Waals surface area contributed by atoms with E-state index in [4.69, 9.17) is 5.73 Å². The summed E-state index contributed by atoms with van der Waals surface area (Å²) in [4.78, 5) is 10.6. The summed E-state index contributed by atoms with van der Waals surface area (Å²) in [5, 5.41) is 3.00. The van der Waals surface area contributed by atoms with Gasteiger partial charge in [-0.25, -0.2) is 0 Å². The predicted molar refractivity (Wildman–Crippen MR) is 66.6 cm³/mol. The van der Waals surface area contributed by atoms with Crippen molar-refractivity contribution in [2.75, 3.05) is 36.1 Å². The van der Waals surface area contributed by atoms with Crippen LogP contribution in [0, 0.1) is 5.92 Å². The van der Waals surface area contributed by atoms with Crippen LogP contribution in [0.15, 0.2) is 6.07 Å². The maximum Gasteiger partial charge on any atom is 0.223 e. The van der Waals surface area contributed by atoms with Gasteiger partial charge >= 0.3 is 0 Å². The quantitative estimate of drug-likeness (QED) is 0.785. The van der Waals surface area contributed by atoms with Crippen LogP contribution >= 0.6 is 0 Å². The zero-order valence-electron chi connectivity index (χ0n) is 9.90. The number of nitrogens with two attached hydrogens (primary N) is 1. The summed E-state index contributed by atoms with van der Waals surface area (Å²) >= 11 is 0. The summed E-state index contributed by atoms with van der Waals surface area (Å²) in [6.45, 7) is 4.17. The average Bonchev–Trinajstić information content (AvgIpc) is 3.08. The number of aromatic nitrogens is 2. The van der Waals surface area contributed by atoms with E-state index in [1.165, 1.54) is 12.8 Å². The van der Waals surface area contributed by atoms with Crippen molar-refractivity contribution in [1.29, 1.82) is 0 Å². The second-order valence-corrected chi connectivity index (χ2v) is 4.20. The van der Waals surface area contributed by atoms with Gasteiger partial charge in [-0.15, -0.1) is 0 Å². The van der Waals surface area contributed by atoms with Gasteiger partial charge < -0.3 is 16.0 Å². The Morgan fingerprint density at radius 2 is 2.25 bits per heavy atom. The SMILES string of the molecule is CCN(CC1CC1)c1cc(NC)nc(N)n1. The minimum Gasteiger partial charge on any atom is -0.373 e. The van der Waals surface area contributed by atoms with E-state index < -0.39 is 0 Å². The van der Waals surface area contributed by atoms with Crippen LogP contribution in [-0.4, -0.2) is 30.1 Å². The number of nitrogens with one attached hydrogen (secondary N) is 1. The van der Waals surface area contributed by atoms with Gasteiger partial charge in [0.1, 0.15) is 11.6 Å². The predicted octanol–water partition coefficient (Wildman–Crippen LogP) is 1.34. The lowest BCUT2D eigenvalue weighted by Crippen LogP contribution is -2.26. The molecule has 0 aliphatic heterocycles. The second-order valence-electron chi connectivity index (χ2n) is 4.20. The van der Waals surface area contributed by atoms with Crippen LogP contribution in [0.5, 0.6) is 0 Å². The van der Waals surface area contributed by atoms with Crippen molar-refractivity contribution in [2.45, 2.75) is 19.8 Å². The van der Waals surface area contributed by atoms with E-state index in [2.05, 4.69) is 27.1 Å². The topological polar surface area (TPSA) is 67.1 Å². The maximum atomic E-state index is 5.69. The minimum atomic E-state index is 0.330. The van der Waals surface area contributed by atoms with E-state index >= 15 is 0 Å². The molecule has 5 heteroatoms. The molecular formula is C11H19N5. The summed E-state index contributed by atoms with van der Waals surface area (Å²) in [7, 11) is 1.84. The van der Waals surface area contributed by atoms with Crippen LogP contribution in [0.3, 0.4) is 0 Å². The average molecular weight is 221 g/mol. The maximum absolute atomic E-state index is 5.69. The molecule has 1 aliphatic carbocycles. The smallest absolute Gasteiger partial charge is 0.223 e. The van der Waals surface area contributed by atoms with Crippen molar-refractivity contribution < 1.29 is 0 Å². The molecule has 1 fully saturated rings. The van der Waals surface area contributed by atoms with E-state index in [1.807, 2.05) is 13.1 Å². The molecule has 16 heavy (non-hydrogen) atoms. The van der Waals surface area contributed by atoms with Gasteiger partial charge in [0, 0.05) is 26.2 Å². The summed E-state index contributed by atoms with van der Waals surface area (Å²) in [5.74, 6) is 2.87. The lowest BCUT2D eigenvalue weighted by Gasteiger charge is -2.22. The van der Waals surface area contributed by atoms with E-state index in [-0.39, 0.29) is 0 Å². The molecule has 1 aromatic rings. The van der Waals surface area contributed by atoms with Crippen molar-refractivity contribution in [2.24, 2.45) is 5.92 Å². The highest BCUT2D eigenvalue weighted by Gasteiger charge is 2.24. The first kappa shape index (κ1) is 11.0. The first-order chi connectivity index (χ1) is 7.72. The molecule has 0 atom stereocenters. The van der Waals surface area contributed by atoms with Gasteiger partial charge in [-0.3, -0.25) is 0 Å². The summed E-state index contributed by atoms with van der Waals surface area (Å²) < 4.78 is 0. The van der Waals surface area contributed by atoms with Crippen molar-refractivity contribution in [3.8, 4) is 0 Å². The summed E-state index contributed by atoms with van der Waals surface area (Å²) in [6.07, 6.45) is 2.69. The van der Waals surface area contributed by atoms with Crippen LogP contribution in [0.1, 0.15) is 19.8 Å². The molecule has 5 nitrogen and oxygen atoms in total. The minimum absolute atomic E-state index is 0.330. The monoisotopic (exact) mass is 221 g/mol. The molecular weight excluding hydrogens is 202 g/mol. The molecule has 0 aromatic carbocycles. The van der Waals surface area contributed by atoms with Crippen LogP contribution < -0.4 is 16.0 Å². The Kier molecular flexibility index (Phi) is 3.12. The van der Waals surface area contributed by atoms with Crippen molar-refractivity contribution in [3.63, 3.8) is 0 Å². The van der Waals surface area contributed by atoms with Gasteiger partial charge in [0.05, 0.1) is 0 Å². The number of nitrogen functional groups attached to an aromatic ring is 1. The lowest BCUT2D eigenvalue weighted by molar-refractivity contribution is 0.731. The third kappa shape index (κ3) is 2.53. The Balaban J connectivity index is 2.17. The van der Waals surface area contributed by atoms with Gasteiger partial charge in [0.2, 0.25) is 5.95 Å². The summed E-state index contributed by atoms with van der Waals surface area (Å²) in [6, 6.07) is 1.95. The zero-order valence-corrected chi connectivity index (χ0v) is 9.90. The number of hydrogen-bond acceptors (Lipinski definition) is 5. The number of rotatable bonds is 5. The molecule has 0 bridgehead atoms. The number of nitrogens with zero attached hydrogens (tertiary/aromatic N) is 3. The molecule has 3 N–H and O–H groups in total. The third-order valence-corrected chi connectivity index (χ3v) is 2.87. The lowest BCUT2D eigenvalue weighted by atomic mass is 10.3. The standard InChI is InChI=1S/C11H19N5/c1-3-16(7-8-4-5-8)10-6-9(13-2)14-11(12)15-10/h6,8H,3-5,7H2,1-2H3,(H3,12,13,14,15). The Bertz CT molecular complexity index is 361. The fraction of sp³-hybridized carbons (Fsp3) is 0.636. The Labute approximate surface area is 96.1 Å². The van der Waals surface area contributed by atoms with Gasteiger partial charge in [0.25, 0.3) is 0 Å². The second kappa shape index (κ2) is 4.55. The molecule has 1 aliphatic rings. The van der Waals surface area contributed by atoms with Crippen molar-refractivity contribution in [3.05, 3.63) is 6.07 Å². The normalized spacial score (nSPS) is 14.9. The third-order valence-electron chi connectivity index (χ3n) is 2.87. The molecule has 88 valence electrons. The fourth-order valence-corrected chi connectivity index (χ4v) is 1.74. The van der Waals surface area contributed by atoms with Crippen LogP contribution in [-0.2, 0) is 0 Å². The van der Waals surface area contributed by atoms with Crippen molar-refractivity contribution in [1.82, 2.24) is 9.97 Å². The zero-order chi connectivity index (χ0) is 11.5. The van der Waals surface area contributed by atoms with E-state index in [1.54, 1.807) is 0 Å². The molecule has 1 heterocycles.